The van der Waals surface area contributed by atoms with E-state index < -0.39 is 21.0 Å². The second kappa shape index (κ2) is 6.44. The molecule has 0 saturated carbocycles. The Hall–Kier alpha value is -3.07. The first-order chi connectivity index (χ1) is 11.9. The summed E-state index contributed by atoms with van der Waals surface area (Å²) in [5.41, 5.74) is 1.40. The van der Waals surface area contributed by atoms with Crippen molar-refractivity contribution in [3.63, 3.8) is 0 Å². The molecule has 3 aromatic rings. The van der Waals surface area contributed by atoms with E-state index in [0.29, 0.717) is 0 Å². The van der Waals surface area contributed by atoms with Gasteiger partial charge in [0, 0.05) is 0 Å². The Morgan fingerprint density at radius 3 is 2.44 bits per heavy atom. The Balaban J connectivity index is 2.04. The van der Waals surface area contributed by atoms with Gasteiger partial charge in [0.1, 0.15) is 5.69 Å². The van der Waals surface area contributed by atoms with Crippen molar-refractivity contribution in [2.75, 3.05) is 7.11 Å². The van der Waals surface area contributed by atoms with E-state index in [1.807, 2.05) is 6.92 Å². The highest BCUT2D eigenvalue weighted by molar-refractivity contribution is 7.91. The zero-order valence-electron chi connectivity index (χ0n) is 13.4. The summed E-state index contributed by atoms with van der Waals surface area (Å²) < 4.78 is 29.9. The largest absolute Gasteiger partial charge is 0.465 e. The molecule has 0 saturated heterocycles. The molecule has 0 amide bonds. The van der Waals surface area contributed by atoms with Gasteiger partial charge in [0.15, 0.2) is 0 Å². The molecule has 25 heavy (non-hydrogen) atoms. The molecule has 1 heterocycles. The van der Waals surface area contributed by atoms with Gasteiger partial charge in [-0.3, -0.25) is 0 Å². The predicted octanol–water partition coefficient (Wildman–Crippen LogP) is 1.59. The maximum absolute atomic E-state index is 12.6. The highest BCUT2D eigenvalue weighted by atomic mass is 32.2. The van der Waals surface area contributed by atoms with Crippen LogP contribution in [0.2, 0.25) is 0 Å². The van der Waals surface area contributed by atoms with E-state index in [9.17, 15) is 13.2 Å². The van der Waals surface area contributed by atoms with E-state index in [2.05, 4.69) is 15.4 Å². The molecule has 0 aliphatic rings. The summed E-state index contributed by atoms with van der Waals surface area (Å²) >= 11 is 0. The minimum atomic E-state index is -3.90. The van der Waals surface area contributed by atoms with Crippen LogP contribution < -0.4 is 0 Å². The summed E-state index contributed by atoms with van der Waals surface area (Å²) in [7, 11) is -2.65. The summed E-state index contributed by atoms with van der Waals surface area (Å²) in [4.78, 5) is 12.9. The average molecular weight is 358 g/mol. The Bertz CT molecular complexity index is 1030. The standard InChI is InChI=1S/C16H14N4O4S/c1-11-7-9-12(10-8-11)25(22,23)16-17-19-20(18-16)14-6-4-3-5-13(14)15(21)24-2/h3-10H,1-2H3. The van der Waals surface area contributed by atoms with Gasteiger partial charge in [0.25, 0.3) is 5.16 Å². The summed E-state index contributed by atoms with van der Waals surface area (Å²) in [5, 5.41) is 10.9. The van der Waals surface area contributed by atoms with Gasteiger partial charge in [-0.15, -0.1) is 9.90 Å². The summed E-state index contributed by atoms with van der Waals surface area (Å²) in [6.45, 7) is 1.86. The Morgan fingerprint density at radius 1 is 1.08 bits per heavy atom. The normalized spacial score (nSPS) is 11.3. The second-order valence-corrected chi connectivity index (χ2v) is 7.03. The van der Waals surface area contributed by atoms with Crippen LogP contribution in [0.3, 0.4) is 0 Å². The van der Waals surface area contributed by atoms with Crippen molar-refractivity contribution >= 4 is 15.8 Å². The number of tetrazole rings is 1. The number of aryl methyl sites for hydroxylation is 1. The van der Waals surface area contributed by atoms with Crippen molar-refractivity contribution in [2.45, 2.75) is 17.0 Å². The van der Waals surface area contributed by atoms with Gasteiger partial charge in [-0.1, -0.05) is 34.9 Å². The number of para-hydroxylation sites is 1. The predicted molar refractivity (Wildman–Crippen MR) is 87.1 cm³/mol. The number of ether oxygens (including phenoxy) is 1. The van der Waals surface area contributed by atoms with Crippen LogP contribution in [0.15, 0.2) is 58.6 Å². The molecule has 0 atom stereocenters. The summed E-state index contributed by atoms with van der Waals surface area (Å²) in [6, 6.07) is 12.7. The molecule has 0 spiro atoms. The molecular formula is C16H14N4O4S. The fourth-order valence-electron chi connectivity index (χ4n) is 2.16. The number of esters is 1. The summed E-state index contributed by atoms with van der Waals surface area (Å²) in [6.07, 6.45) is 0. The molecule has 2 aromatic carbocycles. The molecule has 0 aliphatic heterocycles. The van der Waals surface area contributed by atoms with E-state index >= 15 is 0 Å². The molecule has 9 heteroatoms. The first-order valence-electron chi connectivity index (χ1n) is 7.23. The smallest absolute Gasteiger partial charge is 0.340 e. The van der Waals surface area contributed by atoms with E-state index in [4.69, 9.17) is 4.74 Å². The van der Waals surface area contributed by atoms with E-state index in [0.717, 1.165) is 10.4 Å². The molecule has 8 nitrogen and oxygen atoms in total. The van der Waals surface area contributed by atoms with Gasteiger partial charge in [-0.05, 0) is 36.4 Å². The highest BCUT2D eigenvalue weighted by Crippen LogP contribution is 2.19. The lowest BCUT2D eigenvalue weighted by Gasteiger charge is -2.05. The molecule has 1 aromatic heterocycles. The van der Waals surface area contributed by atoms with Crippen LogP contribution in [0.5, 0.6) is 0 Å². The third kappa shape index (κ3) is 3.13. The third-order valence-electron chi connectivity index (χ3n) is 3.49. The number of carbonyl (C=O) groups excluding carboxylic acids is 1. The van der Waals surface area contributed by atoms with E-state index in [1.54, 1.807) is 30.3 Å². The third-order valence-corrected chi connectivity index (χ3v) is 5.03. The van der Waals surface area contributed by atoms with Gasteiger partial charge in [-0.25, -0.2) is 13.2 Å². The van der Waals surface area contributed by atoms with Crippen LogP contribution in [0, 0.1) is 6.92 Å². The number of hydrogen-bond donors (Lipinski definition) is 0. The number of benzene rings is 2. The molecule has 0 aliphatic carbocycles. The number of sulfone groups is 1. The van der Waals surface area contributed by atoms with Crippen LogP contribution in [-0.2, 0) is 14.6 Å². The second-order valence-electron chi connectivity index (χ2n) is 5.19. The number of rotatable bonds is 4. The van der Waals surface area contributed by atoms with Crippen molar-refractivity contribution in [1.29, 1.82) is 0 Å². The number of aromatic nitrogens is 4. The zero-order valence-corrected chi connectivity index (χ0v) is 14.3. The van der Waals surface area contributed by atoms with E-state index in [1.165, 1.54) is 25.3 Å². The molecule has 128 valence electrons. The zero-order chi connectivity index (χ0) is 18.0. The fourth-order valence-corrected chi connectivity index (χ4v) is 3.20. The number of methoxy groups -OCH3 is 1. The molecule has 0 radical (unpaired) electrons. The highest BCUT2D eigenvalue weighted by Gasteiger charge is 2.25. The van der Waals surface area contributed by atoms with Gasteiger partial charge in [0.2, 0.25) is 9.84 Å². The van der Waals surface area contributed by atoms with Crippen molar-refractivity contribution in [3.05, 3.63) is 59.7 Å². The van der Waals surface area contributed by atoms with Crippen LogP contribution in [-0.4, -0.2) is 41.7 Å². The maximum atomic E-state index is 12.6. The molecule has 0 unspecified atom stereocenters. The molecule has 0 fully saturated rings. The molecule has 0 N–H and O–H groups in total. The average Bonchev–Trinajstić information content (AvgIpc) is 3.12. The number of nitrogens with zero attached hydrogens (tertiary/aromatic N) is 4. The Labute approximate surface area is 144 Å². The minimum Gasteiger partial charge on any atom is -0.465 e. The molecule has 0 bridgehead atoms. The Kier molecular flexibility index (Phi) is 4.32. The van der Waals surface area contributed by atoms with Crippen molar-refractivity contribution < 1.29 is 17.9 Å². The lowest BCUT2D eigenvalue weighted by Crippen LogP contribution is -2.10. The minimum absolute atomic E-state index is 0.0684. The topological polar surface area (TPSA) is 104 Å². The monoisotopic (exact) mass is 358 g/mol. The fraction of sp³-hybridized carbons (Fsp3) is 0.125. The SMILES string of the molecule is COC(=O)c1ccccc1-n1nnc(S(=O)(=O)c2ccc(C)cc2)n1. The van der Waals surface area contributed by atoms with Crippen molar-refractivity contribution in [3.8, 4) is 5.69 Å². The van der Waals surface area contributed by atoms with Gasteiger partial charge >= 0.3 is 5.97 Å². The van der Waals surface area contributed by atoms with Gasteiger partial charge in [0.05, 0.1) is 17.6 Å². The number of hydrogen-bond acceptors (Lipinski definition) is 7. The van der Waals surface area contributed by atoms with Crippen molar-refractivity contribution in [1.82, 2.24) is 20.2 Å². The van der Waals surface area contributed by atoms with Crippen LogP contribution in [0.1, 0.15) is 15.9 Å². The number of carbonyl (C=O) groups is 1. The first-order valence-corrected chi connectivity index (χ1v) is 8.71. The molecule has 3 rings (SSSR count). The lowest BCUT2D eigenvalue weighted by molar-refractivity contribution is 0.0600. The van der Waals surface area contributed by atoms with Crippen molar-refractivity contribution in [2.24, 2.45) is 0 Å². The van der Waals surface area contributed by atoms with Crippen LogP contribution in [0.4, 0.5) is 0 Å². The van der Waals surface area contributed by atoms with E-state index in [-0.39, 0.29) is 16.1 Å². The first kappa shape index (κ1) is 16.8. The lowest BCUT2D eigenvalue weighted by atomic mass is 10.2. The maximum Gasteiger partial charge on any atom is 0.340 e. The van der Waals surface area contributed by atoms with Crippen LogP contribution in [0.25, 0.3) is 5.69 Å². The summed E-state index contributed by atoms with van der Waals surface area (Å²) in [5.74, 6) is -0.587. The Morgan fingerprint density at radius 2 is 1.76 bits per heavy atom. The quantitative estimate of drug-likeness (QED) is 0.652. The van der Waals surface area contributed by atoms with Gasteiger partial charge < -0.3 is 4.74 Å². The van der Waals surface area contributed by atoms with Gasteiger partial charge in [-0.2, -0.15) is 0 Å². The van der Waals surface area contributed by atoms with Crippen LogP contribution >= 0.6 is 0 Å². The molecular weight excluding hydrogens is 344 g/mol.